The first-order valence-electron chi connectivity index (χ1n) is 9.17. The second-order valence-electron chi connectivity index (χ2n) is 7.07. The van der Waals surface area contributed by atoms with Gasteiger partial charge >= 0.3 is 0 Å². The molecule has 0 unspecified atom stereocenters. The Kier molecular flexibility index (Phi) is 5.75. The number of fused-ring (bicyclic) bond motifs is 2. The first-order valence-corrected chi connectivity index (χ1v) is 13.5. The van der Waals surface area contributed by atoms with E-state index in [1.54, 1.807) is 36.5 Å². The van der Waals surface area contributed by atoms with Gasteiger partial charge in [-0.2, -0.15) is 25.3 Å². The van der Waals surface area contributed by atoms with E-state index in [0.717, 1.165) is 23.6 Å². The van der Waals surface area contributed by atoms with Crippen LogP contribution in [-0.4, -0.2) is 50.1 Å². The van der Waals surface area contributed by atoms with Gasteiger partial charge in [0.05, 0.1) is 21.0 Å². The number of para-hydroxylation sites is 1. The number of rotatable bonds is 5. The van der Waals surface area contributed by atoms with Crippen molar-refractivity contribution < 1.29 is 38.9 Å². The second-order valence-corrected chi connectivity index (χ2v) is 11.3. The molecule has 34 heavy (non-hydrogen) atoms. The summed E-state index contributed by atoms with van der Waals surface area (Å²) in [5, 5.41) is 0.0761. The van der Waals surface area contributed by atoms with Crippen molar-refractivity contribution in [2.24, 2.45) is 4.99 Å². The maximum absolute atomic E-state index is 12.1. The molecule has 0 amide bonds. The Bertz CT molecular complexity index is 1820. The van der Waals surface area contributed by atoms with Gasteiger partial charge in [-0.1, -0.05) is 24.3 Å². The molecule has 3 N–H and O–H groups in total. The van der Waals surface area contributed by atoms with E-state index in [1.807, 2.05) is 0 Å². The second kappa shape index (κ2) is 8.19. The molecular formula is C20H14N2O9S3. The van der Waals surface area contributed by atoms with Crippen molar-refractivity contribution in [3.63, 3.8) is 0 Å². The average molecular weight is 523 g/mol. The van der Waals surface area contributed by atoms with Crippen LogP contribution in [0, 0.1) is 0 Å². The Morgan fingerprint density at radius 3 is 1.97 bits per heavy atom. The standard InChI is InChI=1S/C20H14N2O9S3/c23-32(24,25)15-7-14-8-16(33(26,27)28)10-18(34(29,30)31)19(14)17(9-15)22-11-13-4-1-3-12-5-2-6-21-20(12)13/h1-11H,(H,23,24,25)(H,26,27,28)(H,29,30,31). The van der Waals surface area contributed by atoms with Crippen molar-refractivity contribution in [1.82, 2.24) is 4.98 Å². The van der Waals surface area contributed by atoms with Gasteiger partial charge in [-0.05, 0) is 35.7 Å². The fourth-order valence-corrected chi connectivity index (χ4v) is 5.28. The molecular weight excluding hydrogens is 508 g/mol. The quantitative estimate of drug-likeness (QED) is 0.260. The molecule has 3 aromatic carbocycles. The molecule has 0 aliphatic carbocycles. The van der Waals surface area contributed by atoms with E-state index in [1.165, 1.54) is 6.21 Å². The van der Waals surface area contributed by atoms with Gasteiger partial charge in [0, 0.05) is 28.7 Å². The number of benzene rings is 3. The van der Waals surface area contributed by atoms with Crippen molar-refractivity contribution in [3.8, 4) is 0 Å². The number of aromatic nitrogens is 1. The summed E-state index contributed by atoms with van der Waals surface area (Å²) in [6, 6.07) is 11.6. The molecule has 1 heterocycles. The summed E-state index contributed by atoms with van der Waals surface area (Å²) < 4.78 is 99.6. The summed E-state index contributed by atoms with van der Waals surface area (Å²) in [5.41, 5.74) is 0.687. The van der Waals surface area contributed by atoms with Gasteiger partial charge in [0.15, 0.2) is 0 Å². The maximum atomic E-state index is 12.1. The molecule has 14 heteroatoms. The highest BCUT2D eigenvalue weighted by atomic mass is 32.2. The van der Waals surface area contributed by atoms with Crippen LogP contribution >= 0.6 is 0 Å². The third-order valence-corrected chi connectivity index (χ3v) is 7.36. The highest BCUT2D eigenvalue weighted by Crippen LogP contribution is 2.37. The predicted molar refractivity (Wildman–Crippen MR) is 122 cm³/mol. The van der Waals surface area contributed by atoms with Crippen LogP contribution in [0.3, 0.4) is 0 Å². The van der Waals surface area contributed by atoms with Gasteiger partial charge in [0.2, 0.25) is 0 Å². The van der Waals surface area contributed by atoms with Crippen LogP contribution in [0.2, 0.25) is 0 Å². The van der Waals surface area contributed by atoms with E-state index in [4.69, 9.17) is 0 Å². The first kappa shape index (κ1) is 23.9. The van der Waals surface area contributed by atoms with E-state index < -0.39 is 45.0 Å². The van der Waals surface area contributed by atoms with Crippen LogP contribution in [0.5, 0.6) is 0 Å². The van der Waals surface area contributed by atoms with Crippen LogP contribution < -0.4 is 0 Å². The minimum atomic E-state index is -5.07. The minimum absolute atomic E-state index is 0.326. The summed E-state index contributed by atoms with van der Waals surface area (Å²) in [6.07, 6.45) is 2.81. The number of hydrogen-bond acceptors (Lipinski definition) is 8. The molecule has 0 saturated heterocycles. The van der Waals surface area contributed by atoms with E-state index in [-0.39, 0.29) is 16.5 Å². The highest BCUT2D eigenvalue weighted by Gasteiger charge is 2.24. The highest BCUT2D eigenvalue weighted by molar-refractivity contribution is 7.87. The van der Waals surface area contributed by atoms with Crippen LogP contribution in [0.4, 0.5) is 5.69 Å². The Morgan fingerprint density at radius 1 is 0.735 bits per heavy atom. The topological polar surface area (TPSA) is 188 Å². The lowest BCUT2D eigenvalue weighted by atomic mass is 10.1. The number of hydrogen-bond donors (Lipinski definition) is 3. The van der Waals surface area contributed by atoms with Gasteiger partial charge in [0.25, 0.3) is 30.4 Å². The summed E-state index contributed by atoms with van der Waals surface area (Å²) in [7, 11) is -14.9. The smallest absolute Gasteiger partial charge is 0.282 e. The van der Waals surface area contributed by atoms with Gasteiger partial charge in [-0.3, -0.25) is 23.6 Å². The van der Waals surface area contributed by atoms with Gasteiger partial charge in [-0.15, -0.1) is 0 Å². The molecule has 0 atom stereocenters. The van der Waals surface area contributed by atoms with Crippen molar-refractivity contribution in [3.05, 3.63) is 66.4 Å². The van der Waals surface area contributed by atoms with Crippen molar-refractivity contribution in [2.75, 3.05) is 0 Å². The Morgan fingerprint density at radius 2 is 1.35 bits per heavy atom. The van der Waals surface area contributed by atoms with Gasteiger partial charge < -0.3 is 0 Å². The van der Waals surface area contributed by atoms with Crippen molar-refractivity contribution in [1.29, 1.82) is 0 Å². The van der Waals surface area contributed by atoms with E-state index in [0.29, 0.717) is 17.1 Å². The summed E-state index contributed by atoms with van der Waals surface area (Å²) in [5.74, 6) is 0. The van der Waals surface area contributed by atoms with E-state index in [2.05, 4.69) is 9.98 Å². The maximum Gasteiger partial charge on any atom is 0.295 e. The Hall–Kier alpha value is -3.27. The van der Waals surface area contributed by atoms with Crippen molar-refractivity contribution in [2.45, 2.75) is 14.7 Å². The van der Waals surface area contributed by atoms with Gasteiger partial charge in [-0.25, -0.2) is 0 Å². The van der Waals surface area contributed by atoms with Crippen LogP contribution in [0.1, 0.15) is 5.56 Å². The molecule has 0 aliphatic rings. The van der Waals surface area contributed by atoms with Crippen molar-refractivity contribution >= 4 is 63.9 Å². The van der Waals surface area contributed by atoms with E-state index >= 15 is 0 Å². The molecule has 4 aromatic rings. The predicted octanol–water partition coefficient (Wildman–Crippen LogP) is 2.88. The monoisotopic (exact) mass is 522 g/mol. The zero-order valence-corrected chi connectivity index (χ0v) is 19.2. The Labute approximate surface area is 193 Å². The fraction of sp³-hybridized carbons (Fsp3) is 0. The largest absolute Gasteiger partial charge is 0.295 e. The molecule has 0 spiro atoms. The number of nitrogens with zero attached hydrogens (tertiary/aromatic N) is 2. The summed E-state index contributed by atoms with van der Waals surface area (Å²) >= 11 is 0. The van der Waals surface area contributed by atoms with Crippen LogP contribution in [0.25, 0.3) is 21.7 Å². The summed E-state index contributed by atoms with van der Waals surface area (Å²) in [4.78, 5) is 5.83. The molecule has 176 valence electrons. The molecule has 0 aliphatic heterocycles. The molecule has 0 bridgehead atoms. The average Bonchev–Trinajstić information content (AvgIpc) is 2.74. The summed E-state index contributed by atoms with van der Waals surface area (Å²) in [6.45, 7) is 0. The van der Waals surface area contributed by atoms with Crippen LogP contribution in [0.15, 0.2) is 80.5 Å². The molecule has 0 saturated carbocycles. The lowest BCUT2D eigenvalue weighted by Crippen LogP contribution is -2.05. The SMILES string of the molecule is O=S(=O)(O)c1cc(N=Cc2cccc3cccnc23)c2c(S(=O)(=O)O)cc(S(=O)(=O)O)cc2c1. The molecule has 0 radical (unpaired) electrons. The fourth-order valence-electron chi connectivity index (χ4n) is 3.37. The Balaban J connectivity index is 2.10. The number of aliphatic imine (C=N–C) groups is 1. The molecule has 0 fully saturated rings. The third kappa shape index (κ3) is 4.68. The zero-order valence-electron chi connectivity index (χ0n) is 16.8. The third-order valence-electron chi connectivity index (χ3n) is 4.82. The zero-order chi connectivity index (χ0) is 24.9. The molecule has 4 rings (SSSR count). The normalized spacial score (nSPS) is 13.1. The minimum Gasteiger partial charge on any atom is -0.282 e. The van der Waals surface area contributed by atoms with Crippen LogP contribution in [-0.2, 0) is 30.4 Å². The first-order chi connectivity index (χ1) is 15.7. The number of pyridine rings is 1. The molecule has 11 nitrogen and oxygen atoms in total. The molecule has 1 aromatic heterocycles. The lowest BCUT2D eigenvalue weighted by Gasteiger charge is -2.11. The van der Waals surface area contributed by atoms with Gasteiger partial charge in [0.1, 0.15) is 4.90 Å². The van der Waals surface area contributed by atoms with E-state index in [9.17, 15) is 38.9 Å². The lowest BCUT2D eigenvalue weighted by molar-refractivity contribution is 0.480.